The normalized spacial score (nSPS) is 17.0. The Bertz CT molecular complexity index is 350. The van der Waals surface area contributed by atoms with E-state index in [0.29, 0.717) is 0 Å². The van der Waals surface area contributed by atoms with Gasteiger partial charge in [-0.05, 0) is 11.3 Å². The Hall–Kier alpha value is -0.600. The van der Waals surface area contributed by atoms with E-state index in [0.717, 1.165) is 0 Å². The molecule has 0 radical (unpaired) electrons. The molecule has 5 heteroatoms. The maximum atomic E-state index is 11.9. The molecule has 100 valence electrons. The van der Waals surface area contributed by atoms with Gasteiger partial charge in [-0.25, -0.2) is 4.79 Å². The third kappa shape index (κ3) is 8.17. The van der Waals surface area contributed by atoms with Crippen LogP contribution in [0.4, 0.5) is 0 Å². The van der Waals surface area contributed by atoms with Crippen LogP contribution in [0.25, 0.3) is 0 Å². The fourth-order valence-electron chi connectivity index (χ4n) is 1.60. The van der Waals surface area contributed by atoms with Gasteiger partial charge in [-0.3, -0.25) is 4.57 Å². The molecule has 1 unspecified atom stereocenters. The van der Waals surface area contributed by atoms with Gasteiger partial charge in [-0.2, -0.15) is 0 Å². The lowest BCUT2D eigenvalue weighted by atomic mass is 9.94. The number of carboxylic acid groups (broad SMARTS) is 1. The molecule has 0 aromatic rings. The van der Waals surface area contributed by atoms with Crippen molar-refractivity contribution in [3.63, 3.8) is 0 Å². The van der Waals surface area contributed by atoms with Gasteiger partial charge in [-0.1, -0.05) is 40.7 Å². The predicted molar refractivity (Wildman–Crippen MR) is 69.6 cm³/mol. The minimum atomic E-state index is -3.39. The van der Waals surface area contributed by atoms with Gasteiger partial charge in [0, 0.05) is 11.7 Å². The maximum Gasteiger partial charge on any atom is 0.331 e. The molecule has 4 nitrogen and oxygen atoms in total. The van der Waals surface area contributed by atoms with Gasteiger partial charge in [0.1, 0.15) is 0 Å². The van der Waals surface area contributed by atoms with Gasteiger partial charge < -0.3 is 10.00 Å². The standard InChI is InChI=1S/C12H23O4P/c1-9(2)7-17(15,16)8-10(11(13)14)6-12(3,4)5/h6,9H,7-8H2,1-5H3,(H,13,14)(H,15,16)/b10-6+. The number of rotatable bonds is 5. The molecule has 0 aromatic heterocycles. The molecule has 0 amide bonds. The van der Waals surface area contributed by atoms with Crippen molar-refractivity contribution in [3.05, 3.63) is 11.6 Å². The Balaban J connectivity index is 4.98. The molecule has 1 atom stereocenters. The molecule has 0 rings (SSSR count). The van der Waals surface area contributed by atoms with E-state index in [1.54, 1.807) is 6.08 Å². The van der Waals surface area contributed by atoms with Crippen molar-refractivity contribution in [1.29, 1.82) is 0 Å². The van der Waals surface area contributed by atoms with E-state index < -0.39 is 13.3 Å². The number of hydrogen-bond acceptors (Lipinski definition) is 2. The van der Waals surface area contributed by atoms with E-state index in [-0.39, 0.29) is 29.2 Å². The van der Waals surface area contributed by atoms with E-state index in [4.69, 9.17) is 5.11 Å². The second kappa shape index (κ2) is 5.83. The van der Waals surface area contributed by atoms with Crippen molar-refractivity contribution < 1.29 is 19.4 Å². The van der Waals surface area contributed by atoms with Crippen LogP contribution >= 0.6 is 7.37 Å². The zero-order valence-electron chi connectivity index (χ0n) is 11.2. The van der Waals surface area contributed by atoms with Crippen molar-refractivity contribution in [3.8, 4) is 0 Å². The van der Waals surface area contributed by atoms with Crippen molar-refractivity contribution in [2.45, 2.75) is 34.6 Å². The van der Waals surface area contributed by atoms with Gasteiger partial charge in [0.05, 0.1) is 6.16 Å². The molecular formula is C12H23O4P. The molecule has 17 heavy (non-hydrogen) atoms. The topological polar surface area (TPSA) is 74.6 Å². The number of allylic oxidation sites excluding steroid dienone is 1. The van der Waals surface area contributed by atoms with Crippen LogP contribution in [0.5, 0.6) is 0 Å². The number of aliphatic carboxylic acids is 1. The molecule has 0 fully saturated rings. The minimum absolute atomic E-state index is 0.0315. The lowest BCUT2D eigenvalue weighted by molar-refractivity contribution is -0.132. The van der Waals surface area contributed by atoms with E-state index in [2.05, 4.69) is 0 Å². The summed E-state index contributed by atoms with van der Waals surface area (Å²) in [7, 11) is -3.39. The third-order valence-corrected chi connectivity index (χ3v) is 4.09. The quantitative estimate of drug-likeness (QED) is 0.590. The Morgan fingerprint density at radius 3 is 2.12 bits per heavy atom. The lowest BCUT2D eigenvalue weighted by Gasteiger charge is -2.18. The van der Waals surface area contributed by atoms with Crippen LogP contribution in [0.2, 0.25) is 0 Å². The summed E-state index contributed by atoms with van der Waals surface area (Å²) in [4.78, 5) is 20.8. The summed E-state index contributed by atoms with van der Waals surface area (Å²) in [5.74, 6) is -1.03. The van der Waals surface area contributed by atoms with Crippen LogP contribution in [-0.2, 0) is 9.36 Å². The molecule has 0 aromatic carbocycles. The first kappa shape index (κ1) is 16.4. The van der Waals surface area contributed by atoms with Crippen molar-refractivity contribution in [2.75, 3.05) is 12.3 Å². The van der Waals surface area contributed by atoms with Gasteiger partial charge in [0.25, 0.3) is 0 Å². The first-order valence-electron chi connectivity index (χ1n) is 5.69. The van der Waals surface area contributed by atoms with Gasteiger partial charge in [-0.15, -0.1) is 0 Å². The Labute approximate surface area is 103 Å². The van der Waals surface area contributed by atoms with E-state index in [1.807, 2.05) is 34.6 Å². The smallest absolute Gasteiger partial charge is 0.331 e. The number of carboxylic acids is 1. The van der Waals surface area contributed by atoms with Crippen LogP contribution in [0.15, 0.2) is 11.6 Å². The van der Waals surface area contributed by atoms with Crippen molar-refractivity contribution in [1.82, 2.24) is 0 Å². The molecule has 0 saturated heterocycles. The molecule has 0 saturated carbocycles. The van der Waals surface area contributed by atoms with Crippen molar-refractivity contribution >= 4 is 13.3 Å². The Morgan fingerprint density at radius 2 is 1.82 bits per heavy atom. The summed E-state index contributed by atoms with van der Waals surface area (Å²) in [6.07, 6.45) is 1.46. The minimum Gasteiger partial charge on any atom is -0.478 e. The Morgan fingerprint density at radius 1 is 1.35 bits per heavy atom. The molecule has 0 aliphatic carbocycles. The lowest BCUT2D eigenvalue weighted by Crippen LogP contribution is -2.13. The molecule has 0 heterocycles. The third-order valence-electron chi connectivity index (χ3n) is 1.95. The van der Waals surface area contributed by atoms with Gasteiger partial charge in [0.2, 0.25) is 7.37 Å². The van der Waals surface area contributed by atoms with E-state index >= 15 is 0 Å². The van der Waals surface area contributed by atoms with E-state index in [1.165, 1.54) is 0 Å². The van der Waals surface area contributed by atoms with Crippen LogP contribution in [0.1, 0.15) is 34.6 Å². The predicted octanol–water partition coefficient (Wildman–Crippen LogP) is 2.97. The SMILES string of the molecule is CC(C)CP(=O)(O)C/C(=C\C(C)(C)C)C(=O)O. The molecule has 2 N–H and O–H groups in total. The molecule has 0 spiro atoms. The highest BCUT2D eigenvalue weighted by Gasteiger charge is 2.26. The second-order valence-electron chi connectivity index (χ2n) is 5.92. The summed E-state index contributed by atoms with van der Waals surface area (Å²) in [5.41, 5.74) is -0.282. The first-order chi connectivity index (χ1) is 7.43. The zero-order valence-corrected chi connectivity index (χ0v) is 12.1. The monoisotopic (exact) mass is 262 g/mol. The fourth-order valence-corrected chi connectivity index (χ4v) is 3.63. The number of carbonyl (C=O) groups is 1. The summed E-state index contributed by atoms with van der Waals surface area (Å²) in [6.45, 7) is 9.27. The molecule has 0 aliphatic rings. The average molecular weight is 262 g/mol. The summed E-state index contributed by atoms with van der Waals surface area (Å²) >= 11 is 0. The maximum absolute atomic E-state index is 11.9. The highest BCUT2D eigenvalue weighted by molar-refractivity contribution is 7.58. The van der Waals surface area contributed by atoms with E-state index in [9.17, 15) is 14.3 Å². The largest absolute Gasteiger partial charge is 0.478 e. The zero-order chi connectivity index (χ0) is 13.9. The van der Waals surface area contributed by atoms with Crippen LogP contribution in [0.3, 0.4) is 0 Å². The fraction of sp³-hybridized carbons (Fsp3) is 0.750. The highest BCUT2D eigenvalue weighted by atomic mass is 31.2. The van der Waals surface area contributed by atoms with Crippen LogP contribution in [0, 0.1) is 11.3 Å². The second-order valence-corrected chi connectivity index (χ2v) is 8.30. The molecule has 0 bridgehead atoms. The highest BCUT2D eigenvalue weighted by Crippen LogP contribution is 2.44. The van der Waals surface area contributed by atoms with Gasteiger partial charge >= 0.3 is 5.97 Å². The first-order valence-corrected chi connectivity index (χ1v) is 7.72. The van der Waals surface area contributed by atoms with Gasteiger partial charge in [0.15, 0.2) is 0 Å². The summed E-state index contributed by atoms with van der Waals surface area (Å²) < 4.78 is 11.9. The Kier molecular flexibility index (Phi) is 5.63. The number of hydrogen-bond donors (Lipinski definition) is 2. The van der Waals surface area contributed by atoms with Crippen molar-refractivity contribution in [2.24, 2.45) is 11.3 Å². The summed E-state index contributed by atoms with van der Waals surface area (Å²) in [5, 5.41) is 9.03. The van der Waals surface area contributed by atoms with Crippen LogP contribution in [-0.4, -0.2) is 28.3 Å². The molecular weight excluding hydrogens is 239 g/mol. The summed E-state index contributed by atoms with van der Waals surface area (Å²) in [6, 6.07) is 0. The molecule has 0 aliphatic heterocycles. The average Bonchev–Trinajstić information content (AvgIpc) is 1.95. The van der Waals surface area contributed by atoms with Crippen LogP contribution < -0.4 is 0 Å².